The van der Waals surface area contributed by atoms with E-state index in [2.05, 4.69) is 10.3 Å². The molecule has 1 aromatic heterocycles. The topological polar surface area (TPSA) is 74.8 Å². The van der Waals surface area contributed by atoms with Gasteiger partial charge in [0.15, 0.2) is 6.61 Å². The van der Waals surface area contributed by atoms with Gasteiger partial charge in [-0.25, -0.2) is 4.98 Å². The Kier molecular flexibility index (Phi) is 7.52. The number of hydrogen-bond acceptors (Lipinski definition) is 5. The number of benzene rings is 1. The number of likely N-dealkylation sites (N-methyl/N-ethyl adjacent to an activating group) is 1. The number of likely N-dealkylation sites (tertiary alicyclic amines) is 1. The molecule has 2 heterocycles. The molecule has 1 aliphatic rings. The van der Waals surface area contributed by atoms with E-state index >= 15 is 0 Å². The number of amides is 2. The van der Waals surface area contributed by atoms with Crippen molar-refractivity contribution in [2.75, 3.05) is 39.1 Å². The predicted molar refractivity (Wildman–Crippen MR) is 117 cm³/mol. The van der Waals surface area contributed by atoms with Crippen LogP contribution in [0.5, 0.6) is 5.75 Å². The van der Waals surface area contributed by atoms with E-state index in [1.165, 1.54) is 11.3 Å². The molecule has 2 amide bonds. The van der Waals surface area contributed by atoms with E-state index in [1.54, 1.807) is 32.4 Å². The summed E-state index contributed by atoms with van der Waals surface area (Å²) in [6.07, 6.45) is 4.82. The Bertz CT molecular complexity index is 898. The second-order valence-electron chi connectivity index (χ2n) is 7.49. The van der Waals surface area contributed by atoms with Crippen LogP contribution in [0.2, 0.25) is 5.02 Å². The molecule has 0 bridgehead atoms. The van der Waals surface area contributed by atoms with Crippen LogP contribution in [0.4, 0.5) is 5.82 Å². The van der Waals surface area contributed by atoms with Crippen LogP contribution in [0.1, 0.15) is 35.2 Å². The fourth-order valence-corrected chi connectivity index (χ4v) is 3.40. The van der Waals surface area contributed by atoms with Gasteiger partial charge in [0.25, 0.3) is 11.8 Å². The second kappa shape index (κ2) is 10.3. The zero-order chi connectivity index (χ0) is 21.5. The van der Waals surface area contributed by atoms with E-state index in [4.69, 9.17) is 16.3 Å². The zero-order valence-corrected chi connectivity index (χ0v) is 18.1. The summed E-state index contributed by atoms with van der Waals surface area (Å²) < 4.78 is 5.54. The lowest BCUT2D eigenvalue weighted by molar-refractivity contribution is -0.130. The minimum Gasteiger partial charge on any atom is -0.484 e. The van der Waals surface area contributed by atoms with Gasteiger partial charge in [0, 0.05) is 39.9 Å². The normalized spacial score (nSPS) is 13.6. The predicted octanol–water partition coefficient (Wildman–Crippen LogP) is 3.44. The number of ether oxygens (including phenoxy) is 1. The van der Waals surface area contributed by atoms with Crippen molar-refractivity contribution in [1.82, 2.24) is 14.8 Å². The van der Waals surface area contributed by atoms with E-state index in [9.17, 15) is 9.59 Å². The first kappa shape index (κ1) is 21.9. The number of nitrogens with one attached hydrogen (secondary N) is 1. The summed E-state index contributed by atoms with van der Waals surface area (Å²) in [4.78, 5) is 31.9. The van der Waals surface area contributed by atoms with Gasteiger partial charge in [0.05, 0.1) is 10.6 Å². The number of pyridine rings is 1. The molecule has 1 saturated heterocycles. The molecule has 0 radical (unpaired) electrons. The SMILES string of the molecule is CN(C)C(=O)COc1cccc(CNc2ncc(C(=O)N3CCCCC3)cc2Cl)c1. The van der Waals surface area contributed by atoms with Crippen LogP contribution in [0.15, 0.2) is 36.5 Å². The van der Waals surface area contributed by atoms with Crippen LogP contribution in [-0.2, 0) is 11.3 Å². The van der Waals surface area contributed by atoms with E-state index in [0.717, 1.165) is 31.5 Å². The highest BCUT2D eigenvalue weighted by molar-refractivity contribution is 6.33. The van der Waals surface area contributed by atoms with Crippen molar-refractivity contribution in [3.63, 3.8) is 0 Å². The number of carbonyl (C=O) groups excluding carboxylic acids is 2. The molecule has 3 rings (SSSR count). The van der Waals surface area contributed by atoms with E-state index in [0.29, 0.717) is 28.7 Å². The van der Waals surface area contributed by atoms with Crippen molar-refractivity contribution < 1.29 is 14.3 Å². The highest BCUT2D eigenvalue weighted by Crippen LogP contribution is 2.23. The van der Waals surface area contributed by atoms with Crippen LogP contribution in [-0.4, -0.2) is 60.4 Å². The van der Waals surface area contributed by atoms with Crippen LogP contribution in [0, 0.1) is 0 Å². The third kappa shape index (κ3) is 5.86. The van der Waals surface area contributed by atoms with Gasteiger partial charge in [-0.15, -0.1) is 0 Å². The summed E-state index contributed by atoms with van der Waals surface area (Å²) in [5.41, 5.74) is 1.46. The zero-order valence-electron chi connectivity index (χ0n) is 17.4. The summed E-state index contributed by atoms with van der Waals surface area (Å²) in [6, 6.07) is 9.13. The third-order valence-electron chi connectivity index (χ3n) is 4.95. The number of halogens is 1. The Morgan fingerprint density at radius 2 is 1.97 bits per heavy atom. The molecular formula is C22H27ClN4O3. The molecule has 0 aliphatic carbocycles. The Hall–Kier alpha value is -2.80. The number of anilines is 1. The van der Waals surface area contributed by atoms with Crippen molar-refractivity contribution in [2.24, 2.45) is 0 Å². The maximum absolute atomic E-state index is 12.6. The Morgan fingerprint density at radius 1 is 1.20 bits per heavy atom. The average Bonchev–Trinajstić information content (AvgIpc) is 2.77. The van der Waals surface area contributed by atoms with Crippen LogP contribution in [0.25, 0.3) is 0 Å². The molecule has 1 N–H and O–H groups in total. The molecule has 2 aromatic rings. The minimum absolute atomic E-state index is 0.0101. The first-order valence-electron chi connectivity index (χ1n) is 10.0. The lowest BCUT2D eigenvalue weighted by Crippen LogP contribution is -2.35. The van der Waals surface area contributed by atoms with Crippen molar-refractivity contribution >= 4 is 29.2 Å². The molecule has 8 heteroatoms. The second-order valence-corrected chi connectivity index (χ2v) is 7.89. The van der Waals surface area contributed by atoms with Gasteiger partial charge in [0.2, 0.25) is 0 Å². The summed E-state index contributed by atoms with van der Waals surface area (Å²) >= 11 is 6.36. The fourth-order valence-electron chi connectivity index (χ4n) is 3.17. The summed E-state index contributed by atoms with van der Waals surface area (Å²) in [7, 11) is 3.38. The molecule has 0 unspecified atom stereocenters. The van der Waals surface area contributed by atoms with E-state index in [-0.39, 0.29) is 18.4 Å². The van der Waals surface area contributed by atoms with Crippen molar-refractivity contribution in [3.05, 3.63) is 52.7 Å². The van der Waals surface area contributed by atoms with Gasteiger partial charge in [0.1, 0.15) is 11.6 Å². The van der Waals surface area contributed by atoms with Crippen molar-refractivity contribution in [1.29, 1.82) is 0 Å². The first-order chi connectivity index (χ1) is 14.4. The standard InChI is InChI=1S/C22H27ClN4O3/c1-26(2)20(28)15-30-18-8-6-7-16(11-18)13-24-21-19(23)12-17(14-25-21)22(29)27-9-4-3-5-10-27/h6-8,11-12,14H,3-5,9-10,13,15H2,1-2H3,(H,24,25). The molecule has 1 fully saturated rings. The Morgan fingerprint density at radius 3 is 2.67 bits per heavy atom. The number of aromatic nitrogens is 1. The lowest BCUT2D eigenvalue weighted by Gasteiger charge is -2.26. The number of piperidine rings is 1. The summed E-state index contributed by atoms with van der Waals surface area (Å²) in [5, 5.41) is 3.59. The average molecular weight is 431 g/mol. The summed E-state index contributed by atoms with van der Waals surface area (Å²) in [5.74, 6) is 1.01. The number of hydrogen-bond donors (Lipinski definition) is 1. The largest absolute Gasteiger partial charge is 0.484 e. The van der Waals surface area contributed by atoms with Gasteiger partial charge in [-0.3, -0.25) is 9.59 Å². The molecule has 0 saturated carbocycles. The van der Waals surface area contributed by atoms with E-state index in [1.807, 2.05) is 23.1 Å². The molecule has 0 spiro atoms. The monoisotopic (exact) mass is 430 g/mol. The van der Waals surface area contributed by atoms with Gasteiger partial charge >= 0.3 is 0 Å². The molecule has 30 heavy (non-hydrogen) atoms. The minimum atomic E-state index is -0.103. The Labute approximate surface area is 182 Å². The molecular weight excluding hydrogens is 404 g/mol. The molecule has 1 aliphatic heterocycles. The smallest absolute Gasteiger partial charge is 0.259 e. The maximum atomic E-state index is 12.6. The van der Waals surface area contributed by atoms with Crippen molar-refractivity contribution in [3.8, 4) is 5.75 Å². The number of nitrogens with zero attached hydrogens (tertiary/aromatic N) is 3. The number of carbonyl (C=O) groups is 2. The highest BCUT2D eigenvalue weighted by atomic mass is 35.5. The molecule has 1 aromatic carbocycles. The maximum Gasteiger partial charge on any atom is 0.259 e. The van der Waals surface area contributed by atoms with Gasteiger partial charge < -0.3 is 19.9 Å². The van der Waals surface area contributed by atoms with Crippen LogP contribution in [0.3, 0.4) is 0 Å². The highest BCUT2D eigenvalue weighted by Gasteiger charge is 2.19. The molecule has 7 nitrogen and oxygen atoms in total. The molecule has 0 atom stereocenters. The van der Waals surface area contributed by atoms with Gasteiger partial charge in [-0.05, 0) is 43.0 Å². The lowest BCUT2D eigenvalue weighted by atomic mass is 10.1. The van der Waals surface area contributed by atoms with E-state index < -0.39 is 0 Å². The third-order valence-corrected chi connectivity index (χ3v) is 5.24. The molecule has 160 valence electrons. The quantitative estimate of drug-likeness (QED) is 0.728. The van der Waals surface area contributed by atoms with Crippen LogP contribution >= 0.6 is 11.6 Å². The number of rotatable bonds is 7. The first-order valence-corrected chi connectivity index (χ1v) is 10.4. The fraction of sp³-hybridized carbons (Fsp3) is 0.409. The summed E-state index contributed by atoms with van der Waals surface area (Å²) in [6.45, 7) is 2.04. The van der Waals surface area contributed by atoms with Gasteiger partial charge in [-0.2, -0.15) is 0 Å². The Balaban J connectivity index is 1.58. The van der Waals surface area contributed by atoms with Crippen LogP contribution < -0.4 is 10.1 Å². The van der Waals surface area contributed by atoms with Gasteiger partial charge in [-0.1, -0.05) is 23.7 Å². The van der Waals surface area contributed by atoms with Crippen molar-refractivity contribution in [2.45, 2.75) is 25.8 Å².